The molecule has 4 rings (SSSR count). The van der Waals surface area contributed by atoms with Gasteiger partial charge in [0.1, 0.15) is 5.76 Å². The Morgan fingerprint density at radius 2 is 1.78 bits per heavy atom. The van der Waals surface area contributed by atoms with Crippen LogP contribution in [-0.2, 0) is 14.3 Å². The predicted octanol–water partition coefficient (Wildman–Crippen LogP) is 4.78. The number of piperidine rings is 2. The molecule has 194 valence electrons. The van der Waals surface area contributed by atoms with Gasteiger partial charge >= 0.3 is 0 Å². The van der Waals surface area contributed by atoms with E-state index in [0.717, 1.165) is 38.6 Å². The van der Waals surface area contributed by atoms with Gasteiger partial charge < -0.3 is 20.3 Å². The number of rotatable bonds is 8. The van der Waals surface area contributed by atoms with Crippen LogP contribution in [0.1, 0.15) is 50.5 Å². The lowest BCUT2D eigenvalue weighted by molar-refractivity contribution is -0.144. The fourth-order valence-electron chi connectivity index (χ4n) is 5.34. The molecule has 1 saturated carbocycles. The van der Waals surface area contributed by atoms with Crippen molar-refractivity contribution in [1.29, 1.82) is 0 Å². The first kappa shape index (κ1) is 26.3. The first-order valence-corrected chi connectivity index (χ1v) is 13.4. The fourth-order valence-corrected chi connectivity index (χ4v) is 5.40. The third-order valence-electron chi connectivity index (χ3n) is 8.01. The summed E-state index contributed by atoms with van der Waals surface area (Å²) in [5, 5.41) is 0.422. The summed E-state index contributed by atoms with van der Waals surface area (Å²) in [5.41, 5.74) is 6.48. The zero-order valence-electron chi connectivity index (χ0n) is 21.2. The smallest absolute Gasteiger partial charge is 0.228 e. The molecule has 0 aromatic heterocycles. The first-order chi connectivity index (χ1) is 17.3. The van der Waals surface area contributed by atoms with Crippen LogP contribution >= 0.6 is 11.6 Å². The number of ether oxygens (including phenoxy) is 1. The van der Waals surface area contributed by atoms with Crippen molar-refractivity contribution in [3.8, 4) is 0 Å². The second-order valence-corrected chi connectivity index (χ2v) is 11.1. The molecule has 1 aromatic rings. The number of hydrogen-bond donors (Lipinski definition) is 1. The Kier molecular flexibility index (Phi) is 8.45. The minimum absolute atomic E-state index is 0.00412. The van der Waals surface area contributed by atoms with E-state index in [2.05, 4.69) is 25.6 Å². The first-order valence-electron chi connectivity index (χ1n) is 13.0. The second-order valence-electron chi connectivity index (χ2n) is 10.6. The Hall–Kier alpha value is -2.73. The lowest BCUT2D eigenvalue weighted by Crippen LogP contribution is -2.49. The van der Waals surface area contributed by atoms with Crippen LogP contribution in [0.25, 0.3) is 0 Å². The van der Waals surface area contributed by atoms with Crippen molar-refractivity contribution >= 4 is 23.4 Å². The SMILES string of the molecule is C=C(/C=C\C(Cl)=C/N)OC[C@H]1CCN(C(=O)C2CCN(C(=O)C3(C)CC3)CC2)C[C@@H]1c1ccccc1. The van der Waals surface area contributed by atoms with E-state index in [1.54, 1.807) is 12.2 Å². The monoisotopic (exact) mass is 511 g/mol. The zero-order chi connectivity index (χ0) is 25.7. The van der Waals surface area contributed by atoms with Crippen molar-refractivity contribution in [3.05, 3.63) is 71.6 Å². The Morgan fingerprint density at radius 3 is 2.42 bits per heavy atom. The third-order valence-corrected chi connectivity index (χ3v) is 8.27. The summed E-state index contributed by atoms with van der Waals surface area (Å²) in [6.07, 6.45) is 9.04. The van der Waals surface area contributed by atoms with Crippen molar-refractivity contribution in [2.75, 3.05) is 32.8 Å². The van der Waals surface area contributed by atoms with Crippen LogP contribution in [0.15, 0.2) is 66.1 Å². The highest BCUT2D eigenvalue weighted by Crippen LogP contribution is 2.47. The molecule has 3 aliphatic rings. The predicted molar refractivity (Wildman–Crippen MR) is 143 cm³/mol. The molecule has 7 heteroatoms. The summed E-state index contributed by atoms with van der Waals surface area (Å²) in [6.45, 7) is 9.32. The molecule has 1 aromatic carbocycles. The molecule has 2 heterocycles. The van der Waals surface area contributed by atoms with Gasteiger partial charge in [-0.3, -0.25) is 9.59 Å². The molecule has 0 bridgehead atoms. The van der Waals surface area contributed by atoms with E-state index in [-0.39, 0.29) is 35.0 Å². The number of likely N-dealkylation sites (tertiary alicyclic amines) is 2. The lowest BCUT2D eigenvalue weighted by Gasteiger charge is -2.41. The second kappa shape index (κ2) is 11.5. The van der Waals surface area contributed by atoms with Gasteiger partial charge in [0.2, 0.25) is 11.8 Å². The van der Waals surface area contributed by atoms with E-state index >= 15 is 0 Å². The van der Waals surface area contributed by atoms with Crippen LogP contribution in [0.3, 0.4) is 0 Å². The molecule has 1 aliphatic carbocycles. The minimum atomic E-state index is -0.141. The molecular weight excluding hydrogens is 474 g/mol. The molecule has 2 saturated heterocycles. The minimum Gasteiger partial charge on any atom is -0.494 e. The van der Waals surface area contributed by atoms with Crippen LogP contribution in [0.4, 0.5) is 0 Å². The summed E-state index contributed by atoms with van der Waals surface area (Å²) in [7, 11) is 0. The normalized spacial score (nSPS) is 24.6. The highest BCUT2D eigenvalue weighted by atomic mass is 35.5. The van der Waals surface area contributed by atoms with Gasteiger partial charge in [0.15, 0.2) is 0 Å². The summed E-state index contributed by atoms with van der Waals surface area (Å²) in [4.78, 5) is 30.2. The number of halogens is 1. The van der Waals surface area contributed by atoms with Crippen molar-refractivity contribution in [1.82, 2.24) is 9.80 Å². The molecule has 0 unspecified atom stereocenters. The zero-order valence-corrected chi connectivity index (χ0v) is 22.0. The maximum Gasteiger partial charge on any atom is 0.228 e. The number of allylic oxidation sites excluding steroid dienone is 3. The van der Waals surface area contributed by atoms with Crippen molar-refractivity contribution in [3.63, 3.8) is 0 Å². The van der Waals surface area contributed by atoms with Gasteiger partial charge in [-0.2, -0.15) is 0 Å². The van der Waals surface area contributed by atoms with Crippen LogP contribution < -0.4 is 5.73 Å². The number of carbonyl (C=O) groups is 2. The Morgan fingerprint density at radius 1 is 1.11 bits per heavy atom. The van der Waals surface area contributed by atoms with Gasteiger partial charge in [0.05, 0.1) is 11.6 Å². The summed E-state index contributed by atoms with van der Waals surface area (Å²) in [5.74, 6) is 1.48. The molecule has 6 nitrogen and oxygen atoms in total. The van der Waals surface area contributed by atoms with Crippen LogP contribution in [0.2, 0.25) is 0 Å². The van der Waals surface area contributed by atoms with Gasteiger partial charge in [-0.25, -0.2) is 0 Å². The number of carbonyl (C=O) groups excluding carboxylic acids is 2. The van der Waals surface area contributed by atoms with Crippen molar-refractivity contribution in [2.24, 2.45) is 23.0 Å². The number of amides is 2. The Bertz CT molecular complexity index is 1010. The Labute approximate surface area is 219 Å². The standard InChI is InChI=1S/C29H38ClN3O3/c1-21(8-9-25(30)18-31)36-20-24-12-17-33(19-26(24)22-6-4-3-5-7-22)27(34)23-10-15-32(16-11-23)28(35)29(2)13-14-29/h3-9,18,23-24,26H,1,10-17,19-20,31H2,2H3/b9-8-,25-18+/t24-,26-/m1/s1. The largest absolute Gasteiger partial charge is 0.494 e. The Balaban J connectivity index is 1.35. The molecule has 2 N–H and O–H groups in total. The van der Waals surface area contributed by atoms with E-state index in [1.807, 2.05) is 28.0 Å². The molecule has 2 amide bonds. The van der Waals surface area contributed by atoms with Gasteiger partial charge in [0.25, 0.3) is 0 Å². The van der Waals surface area contributed by atoms with Crippen LogP contribution in [0, 0.1) is 17.3 Å². The topological polar surface area (TPSA) is 75.9 Å². The number of benzene rings is 1. The number of hydrogen-bond acceptors (Lipinski definition) is 4. The van der Waals surface area contributed by atoms with Crippen molar-refractivity contribution in [2.45, 2.75) is 44.9 Å². The molecule has 36 heavy (non-hydrogen) atoms. The van der Waals surface area contributed by atoms with E-state index < -0.39 is 0 Å². The van der Waals surface area contributed by atoms with Crippen LogP contribution in [0.5, 0.6) is 0 Å². The maximum atomic E-state index is 13.5. The molecule has 0 spiro atoms. The molecule has 2 aliphatic heterocycles. The highest BCUT2D eigenvalue weighted by molar-refractivity contribution is 6.31. The third kappa shape index (κ3) is 6.33. The van der Waals surface area contributed by atoms with E-state index in [4.69, 9.17) is 22.1 Å². The quantitative estimate of drug-likeness (QED) is 0.402. The van der Waals surface area contributed by atoms with Gasteiger partial charge in [-0.1, -0.05) is 55.4 Å². The fraction of sp³-hybridized carbons (Fsp3) is 0.517. The van der Waals surface area contributed by atoms with E-state index in [1.165, 1.54) is 11.8 Å². The average molecular weight is 512 g/mol. The van der Waals surface area contributed by atoms with E-state index in [9.17, 15) is 9.59 Å². The number of nitrogens with zero attached hydrogens (tertiary/aromatic N) is 2. The average Bonchev–Trinajstić information content (AvgIpc) is 3.68. The number of nitrogens with two attached hydrogens (primary N) is 1. The van der Waals surface area contributed by atoms with Gasteiger partial charge in [-0.15, -0.1) is 0 Å². The molecule has 2 atom stereocenters. The van der Waals surface area contributed by atoms with Crippen LogP contribution in [-0.4, -0.2) is 54.4 Å². The maximum absolute atomic E-state index is 13.5. The summed E-state index contributed by atoms with van der Waals surface area (Å²) >= 11 is 5.91. The van der Waals surface area contributed by atoms with Gasteiger partial charge in [-0.05, 0) is 49.8 Å². The summed E-state index contributed by atoms with van der Waals surface area (Å²) < 4.78 is 5.96. The van der Waals surface area contributed by atoms with E-state index in [0.29, 0.717) is 37.0 Å². The molecule has 0 radical (unpaired) electrons. The van der Waals surface area contributed by atoms with Gasteiger partial charge in [0, 0.05) is 55.5 Å². The molecule has 3 fully saturated rings. The lowest BCUT2D eigenvalue weighted by atomic mass is 9.80. The summed E-state index contributed by atoms with van der Waals surface area (Å²) in [6, 6.07) is 10.4. The molecular formula is C29H38ClN3O3. The highest BCUT2D eigenvalue weighted by Gasteiger charge is 2.48. The van der Waals surface area contributed by atoms with Crippen molar-refractivity contribution < 1.29 is 14.3 Å².